The van der Waals surface area contributed by atoms with Gasteiger partial charge in [-0.1, -0.05) is 28.6 Å². The molecular weight excluding hydrogens is 328 g/mol. The van der Waals surface area contributed by atoms with E-state index in [0.29, 0.717) is 17.3 Å². The second kappa shape index (κ2) is 5.87. The molecule has 0 bridgehead atoms. The Morgan fingerprint density at radius 3 is 2.75 bits per heavy atom. The first-order chi connectivity index (χ1) is 11.8. The molecule has 3 heterocycles. The predicted molar refractivity (Wildman–Crippen MR) is 88.3 cm³/mol. The van der Waals surface area contributed by atoms with Gasteiger partial charge in [0, 0.05) is 0 Å². The van der Waals surface area contributed by atoms with Crippen molar-refractivity contribution in [2.45, 2.75) is 6.61 Å². The van der Waals surface area contributed by atoms with Crippen molar-refractivity contribution in [2.75, 3.05) is 5.73 Å². The molecule has 0 radical (unpaired) electrons. The summed E-state index contributed by atoms with van der Waals surface area (Å²) in [6, 6.07) is 11.0. The molecule has 0 atom stereocenters. The van der Waals surface area contributed by atoms with E-state index in [1.54, 1.807) is 24.3 Å². The van der Waals surface area contributed by atoms with Gasteiger partial charge in [0.15, 0.2) is 11.5 Å². The van der Waals surface area contributed by atoms with E-state index < -0.39 is 0 Å². The monoisotopic (exact) mass is 340 g/mol. The van der Waals surface area contributed by atoms with Crippen LogP contribution in [0.4, 0.5) is 5.82 Å². The van der Waals surface area contributed by atoms with Crippen molar-refractivity contribution in [3.63, 3.8) is 0 Å². The van der Waals surface area contributed by atoms with Gasteiger partial charge in [-0.05, 0) is 29.1 Å². The van der Waals surface area contributed by atoms with Crippen LogP contribution in [-0.4, -0.2) is 30.2 Å². The summed E-state index contributed by atoms with van der Waals surface area (Å²) < 4.78 is 6.74. The third-order valence-electron chi connectivity index (χ3n) is 3.44. The molecule has 0 spiro atoms. The predicted octanol–water partition coefficient (Wildman–Crippen LogP) is 2.12. The van der Waals surface area contributed by atoms with E-state index in [9.17, 15) is 0 Å². The Kier molecular flexibility index (Phi) is 3.56. The van der Waals surface area contributed by atoms with E-state index in [4.69, 9.17) is 15.4 Å². The summed E-state index contributed by atoms with van der Waals surface area (Å²) in [5, 5.41) is 23.1. The molecule has 3 N–H and O–H groups in total. The number of benzene rings is 1. The standard InChI is InChI=1S/C15H12N6O2S/c16-13-12(15-17-14(19-23-15)11-2-1-7-24-11)18-20-21(13)10-5-3-9(8-22)4-6-10/h1-7,22H,8,16H2. The number of aliphatic hydroxyl groups is 1. The minimum atomic E-state index is -0.0220. The average molecular weight is 340 g/mol. The molecule has 0 unspecified atom stereocenters. The molecule has 1 aromatic carbocycles. The lowest BCUT2D eigenvalue weighted by Gasteiger charge is -2.03. The number of rotatable bonds is 4. The molecule has 0 saturated carbocycles. The van der Waals surface area contributed by atoms with Gasteiger partial charge in [-0.3, -0.25) is 0 Å². The van der Waals surface area contributed by atoms with Gasteiger partial charge in [0.05, 0.1) is 17.2 Å². The van der Waals surface area contributed by atoms with Crippen LogP contribution in [0.25, 0.3) is 28.0 Å². The zero-order valence-corrected chi connectivity index (χ0v) is 13.1. The maximum absolute atomic E-state index is 9.10. The van der Waals surface area contributed by atoms with Gasteiger partial charge in [-0.15, -0.1) is 16.4 Å². The number of nitrogens with zero attached hydrogens (tertiary/aromatic N) is 5. The molecule has 4 rings (SSSR count). The maximum atomic E-state index is 9.10. The summed E-state index contributed by atoms with van der Waals surface area (Å²) in [7, 11) is 0. The quantitative estimate of drug-likeness (QED) is 0.584. The number of anilines is 1. The van der Waals surface area contributed by atoms with E-state index in [2.05, 4.69) is 20.5 Å². The summed E-state index contributed by atoms with van der Waals surface area (Å²) in [5.74, 6) is 1.00. The third kappa shape index (κ3) is 2.45. The molecule has 0 aliphatic heterocycles. The zero-order valence-electron chi connectivity index (χ0n) is 12.3. The van der Waals surface area contributed by atoms with Gasteiger partial charge in [0.25, 0.3) is 5.89 Å². The van der Waals surface area contributed by atoms with Crippen LogP contribution in [0.3, 0.4) is 0 Å². The molecule has 120 valence electrons. The Hall–Kier alpha value is -3.04. The van der Waals surface area contributed by atoms with E-state index in [-0.39, 0.29) is 12.5 Å². The zero-order chi connectivity index (χ0) is 16.5. The number of thiophene rings is 1. The summed E-state index contributed by atoms with van der Waals surface area (Å²) in [4.78, 5) is 5.22. The fourth-order valence-electron chi connectivity index (χ4n) is 2.20. The van der Waals surface area contributed by atoms with Gasteiger partial charge < -0.3 is 15.4 Å². The Labute approximate surface area is 140 Å². The van der Waals surface area contributed by atoms with Crippen LogP contribution in [-0.2, 0) is 6.61 Å². The van der Waals surface area contributed by atoms with E-state index in [0.717, 1.165) is 16.1 Å². The van der Waals surface area contributed by atoms with Crippen LogP contribution >= 0.6 is 11.3 Å². The highest BCUT2D eigenvalue weighted by atomic mass is 32.1. The minimum Gasteiger partial charge on any atom is -0.392 e. The molecule has 3 aromatic heterocycles. The van der Waals surface area contributed by atoms with Crippen molar-refractivity contribution >= 4 is 17.2 Å². The Bertz CT molecular complexity index is 958. The molecule has 0 amide bonds. The van der Waals surface area contributed by atoms with Crippen molar-refractivity contribution in [1.29, 1.82) is 0 Å². The minimum absolute atomic E-state index is 0.0220. The van der Waals surface area contributed by atoms with Gasteiger partial charge >= 0.3 is 0 Å². The fraction of sp³-hybridized carbons (Fsp3) is 0.0667. The lowest BCUT2D eigenvalue weighted by molar-refractivity contribution is 0.282. The molecule has 9 heteroatoms. The first-order valence-corrected chi connectivity index (χ1v) is 7.93. The number of hydrogen-bond donors (Lipinski definition) is 2. The Morgan fingerprint density at radius 1 is 1.21 bits per heavy atom. The molecule has 24 heavy (non-hydrogen) atoms. The maximum Gasteiger partial charge on any atom is 0.282 e. The van der Waals surface area contributed by atoms with Crippen molar-refractivity contribution in [3.8, 4) is 28.0 Å². The summed E-state index contributed by atoms with van der Waals surface area (Å²) in [6.45, 7) is -0.0220. The summed E-state index contributed by atoms with van der Waals surface area (Å²) >= 11 is 1.52. The highest BCUT2D eigenvalue weighted by Crippen LogP contribution is 2.28. The first-order valence-electron chi connectivity index (χ1n) is 7.05. The largest absolute Gasteiger partial charge is 0.392 e. The van der Waals surface area contributed by atoms with Crippen LogP contribution in [0.5, 0.6) is 0 Å². The van der Waals surface area contributed by atoms with Crippen molar-refractivity contribution in [2.24, 2.45) is 0 Å². The van der Waals surface area contributed by atoms with E-state index in [1.165, 1.54) is 16.0 Å². The van der Waals surface area contributed by atoms with Crippen molar-refractivity contribution < 1.29 is 9.63 Å². The number of nitrogens with two attached hydrogens (primary N) is 1. The number of aliphatic hydroxyl groups excluding tert-OH is 1. The fourth-order valence-corrected chi connectivity index (χ4v) is 2.85. The second-order valence-electron chi connectivity index (χ2n) is 4.96. The first kappa shape index (κ1) is 14.5. The SMILES string of the molecule is Nc1c(-c2nc(-c3cccs3)no2)nnn1-c1ccc(CO)cc1. The van der Waals surface area contributed by atoms with Crippen LogP contribution in [0.15, 0.2) is 46.3 Å². The lowest BCUT2D eigenvalue weighted by Crippen LogP contribution is -2.02. The molecule has 0 aliphatic carbocycles. The molecule has 0 aliphatic rings. The Morgan fingerprint density at radius 2 is 2.04 bits per heavy atom. The molecule has 0 fully saturated rings. The number of hydrogen-bond acceptors (Lipinski definition) is 8. The van der Waals surface area contributed by atoms with Crippen molar-refractivity contribution in [3.05, 3.63) is 47.3 Å². The summed E-state index contributed by atoms with van der Waals surface area (Å²) in [6.07, 6.45) is 0. The average Bonchev–Trinajstić information content (AvgIpc) is 3.35. The van der Waals surface area contributed by atoms with Crippen molar-refractivity contribution in [1.82, 2.24) is 25.1 Å². The molecule has 0 saturated heterocycles. The van der Waals surface area contributed by atoms with Crippen LogP contribution in [0.1, 0.15) is 5.56 Å². The molecule has 8 nitrogen and oxygen atoms in total. The van der Waals surface area contributed by atoms with Crippen LogP contribution in [0.2, 0.25) is 0 Å². The lowest BCUT2D eigenvalue weighted by atomic mass is 10.2. The Balaban J connectivity index is 1.69. The smallest absolute Gasteiger partial charge is 0.282 e. The molecule has 4 aromatic rings. The normalized spacial score (nSPS) is 11.0. The van der Waals surface area contributed by atoms with Crippen LogP contribution < -0.4 is 5.73 Å². The van der Waals surface area contributed by atoms with Crippen LogP contribution in [0, 0.1) is 0 Å². The van der Waals surface area contributed by atoms with E-state index in [1.807, 2.05) is 17.5 Å². The topological polar surface area (TPSA) is 116 Å². The summed E-state index contributed by atoms with van der Waals surface area (Å²) in [5.41, 5.74) is 7.98. The van der Waals surface area contributed by atoms with Gasteiger partial charge in [0.2, 0.25) is 5.82 Å². The highest BCUT2D eigenvalue weighted by molar-refractivity contribution is 7.13. The number of nitrogen functional groups attached to an aromatic ring is 1. The highest BCUT2D eigenvalue weighted by Gasteiger charge is 2.20. The third-order valence-corrected chi connectivity index (χ3v) is 4.30. The van der Waals surface area contributed by atoms with E-state index >= 15 is 0 Å². The van der Waals surface area contributed by atoms with Gasteiger partial charge in [0.1, 0.15) is 0 Å². The second-order valence-corrected chi connectivity index (χ2v) is 5.91. The molecular formula is C15H12N6O2S. The van der Waals surface area contributed by atoms with Gasteiger partial charge in [-0.25, -0.2) is 0 Å². The van der Waals surface area contributed by atoms with Gasteiger partial charge in [-0.2, -0.15) is 9.67 Å². The number of aromatic nitrogens is 5.